The van der Waals surface area contributed by atoms with Crippen LogP contribution in [0, 0.1) is 5.41 Å². The Bertz CT molecular complexity index is 353. The van der Waals surface area contributed by atoms with Gasteiger partial charge in [-0.1, -0.05) is 32.0 Å². The molecule has 4 heteroatoms. The molecule has 0 aliphatic heterocycles. The molecule has 0 atom stereocenters. The zero-order valence-electron chi connectivity index (χ0n) is 10.5. The summed E-state index contributed by atoms with van der Waals surface area (Å²) in [5.74, 6) is 1.42. The Morgan fingerprint density at radius 1 is 1.29 bits per heavy atom. The molecule has 0 fully saturated rings. The van der Waals surface area contributed by atoms with Crippen molar-refractivity contribution in [3.8, 4) is 5.75 Å². The number of nitrogens with one attached hydrogen (secondary N) is 1. The molecule has 0 unspecified atom stereocenters. The molecule has 0 spiro atoms. The SMILES string of the molecule is CCOC(=N)COc1ccccc1C(C)C.Cl. The second kappa shape index (κ2) is 7.96. The number of ether oxygens (including phenoxy) is 2. The molecule has 0 bridgehead atoms. The molecular formula is C13H20ClNO2. The molecule has 1 rings (SSSR count). The molecule has 1 N–H and O–H groups in total. The van der Waals surface area contributed by atoms with Crippen LogP contribution in [-0.4, -0.2) is 19.1 Å². The summed E-state index contributed by atoms with van der Waals surface area (Å²) in [7, 11) is 0. The maximum atomic E-state index is 7.47. The lowest BCUT2D eigenvalue weighted by Crippen LogP contribution is -2.14. The third-order valence-electron chi connectivity index (χ3n) is 2.22. The topological polar surface area (TPSA) is 42.3 Å². The van der Waals surface area contributed by atoms with Crippen LogP contribution in [0.25, 0.3) is 0 Å². The highest BCUT2D eigenvalue weighted by Gasteiger charge is 2.07. The maximum Gasteiger partial charge on any atom is 0.219 e. The van der Waals surface area contributed by atoms with Gasteiger partial charge in [-0.2, -0.15) is 0 Å². The Morgan fingerprint density at radius 3 is 2.53 bits per heavy atom. The van der Waals surface area contributed by atoms with Crippen LogP contribution < -0.4 is 4.74 Å². The minimum atomic E-state index is 0. The van der Waals surface area contributed by atoms with Crippen molar-refractivity contribution in [2.24, 2.45) is 0 Å². The van der Waals surface area contributed by atoms with Gasteiger partial charge in [0.2, 0.25) is 5.90 Å². The Balaban J connectivity index is 0.00000256. The molecule has 0 saturated heterocycles. The molecule has 1 aromatic carbocycles. The molecule has 0 saturated carbocycles. The quantitative estimate of drug-likeness (QED) is 0.647. The number of benzene rings is 1. The molecule has 0 aromatic heterocycles. The van der Waals surface area contributed by atoms with E-state index in [1.807, 2.05) is 31.2 Å². The van der Waals surface area contributed by atoms with Crippen LogP contribution in [0.3, 0.4) is 0 Å². The average Bonchev–Trinajstić information content (AvgIpc) is 2.27. The highest BCUT2D eigenvalue weighted by Crippen LogP contribution is 2.25. The Hall–Kier alpha value is -1.22. The van der Waals surface area contributed by atoms with E-state index in [1.165, 1.54) is 0 Å². The van der Waals surface area contributed by atoms with Gasteiger partial charge in [0.1, 0.15) is 5.75 Å². The number of halogens is 1. The van der Waals surface area contributed by atoms with E-state index in [2.05, 4.69) is 13.8 Å². The van der Waals surface area contributed by atoms with Crippen molar-refractivity contribution in [1.29, 1.82) is 5.41 Å². The average molecular weight is 258 g/mol. The van der Waals surface area contributed by atoms with E-state index >= 15 is 0 Å². The van der Waals surface area contributed by atoms with Crippen LogP contribution in [0.5, 0.6) is 5.75 Å². The normalized spacial score (nSPS) is 9.65. The van der Waals surface area contributed by atoms with Crippen molar-refractivity contribution in [2.45, 2.75) is 26.7 Å². The molecule has 3 nitrogen and oxygen atoms in total. The molecule has 96 valence electrons. The molecule has 0 radical (unpaired) electrons. The number of hydrogen-bond donors (Lipinski definition) is 1. The zero-order chi connectivity index (χ0) is 12.0. The van der Waals surface area contributed by atoms with Gasteiger partial charge in [-0.05, 0) is 24.5 Å². The van der Waals surface area contributed by atoms with Gasteiger partial charge >= 0.3 is 0 Å². The molecule has 17 heavy (non-hydrogen) atoms. The Morgan fingerprint density at radius 2 is 1.94 bits per heavy atom. The first kappa shape index (κ1) is 15.8. The Labute approximate surface area is 109 Å². The molecule has 1 aromatic rings. The van der Waals surface area contributed by atoms with Gasteiger partial charge in [-0.25, -0.2) is 0 Å². The van der Waals surface area contributed by atoms with Gasteiger partial charge in [0.15, 0.2) is 6.61 Å². The number of rotatable bonds is 5. The van der Waals surface area contributed by atoms with E-state index in [0.29, 0.717) is 12.5 Å². The van der Waals surface area contributed by atoms with E-state index in [4.69, 9.17) is 14.9 Å². The van der Waals surface area contributed by atoms with Crippen LogP contribution in [0.4, 0.5) is 0 Å². The highest BCUT2D eigenvalue weighted by atomic mass is 35.5. The van der Waals surface area contributed by atoms with Gasteiger partial charge < -0.3 is 9.47 Å². The largest absolute Gasteiger partial charge is 0.484 e. The molecule has 0 aliphatic rings. The first-order valence-electron chi connectivity index (χ1n) is 5.57. The van der Waals surface area contributed by atoms with E-state index in [-0.39, 0.29) is 24.9 Å². The Kier molecular flexibility index (Phi) is 7.39. The van der Waals surface area contributed by atoms with Crippen molar-refractivity contribution in [2.75, 3.05) is 13.2 Å². The summed E-state index contributed by atoms with van der Waals surface area (Å²) in [5, 5.41) is 7.47. The highest BCUT2D eigenvalue weighted by molar-refractivity contribution is 5.85. The first-order valence-corrected chi connectivity index (χ1v) is 5.57. The van der Waals surface area contributed by atoms with Gasteiger partial charge in [0.25, 0.3) is 0 Å². The summed E-state index contributed by atoms with van der Waals surface area (Å²) >= 11 is 0. The van der Waals surface area contributed by atoms with Gasteiger partial charge in [0, 0.05) is 0 Å². The summed E-state index contributed by atoms with van der Waals surface area (Å²) in [4.78, 5) is 0. The fraction of sp³-hybridized carbons (Fsp3) is 0.462. The summed E-state index contributed by atoms with van der Waals surface area (Å²) in [6, 6.07) is 7.90. The third kappa shape index (κ3) is 5.09. The standard InChI is InChI=1S/C13H19NO2.ClH/c1-4-15-13(14)9-16-12-8-6-5-7-11(12)10(2)3;/h5-8,10,14H,4,9H2,1-3H3;1H. The lowest BCUT2D eigenvalue weighted by molar-refractivity contribution is 0.271. The van der Waals surface area contributed by atoms with Crippen molar-refractivity contribution in [3.05, 3.63) is 29.8 Å². The minimum Gasteiger partial charge on any atom is -0.484 e. The van der Waals surface area contributed by atoms with Crippen molar-refractivity contribution >= 4 is 18.3 Å². The van der Waals surface area contributed by atoms with Gasteiger partial charge in [0.05, 0.1) is 6.61 Å². The summed E-state index contributed by atoms with van der Waals surface area (Å²) in [6.45, 7) is 6.80. The van der Waals surface area contributed by atoms with Gasteiger partial charge in [-0.15, -0.1) is 12.4 Å². The van der Waals surface area contributed by atoms with E-state index in [9.17, 15) is 0 Å². The number of para-hydroxylation sites is 1. The zero-order valence-corrected chi connectivity index (χ0v) is 11.3. The van der Waals surface area contributed by atoms with Crippen LogP contribution in [-0.2, 0) is 4.74 Å². The third-order valence-corrected chi connectivity index (χ3v) is 2.22. The molecule has 0 aliphatic carbocycles. The summed E-state index contributed by atoms with van der Waals surface area (Å²) in [6.07, 6.45) is 0. The summed E-state index contributed by atoms with van der Waals surface area (Å²) < 4.78 is 10.6. The summed E-state index contributed by atoms with van der Waals surface area (Å²) in [5.41, 5.74) is 1.16. The van der Waals surface area contributed by atoms with Gasteiger partial charge in [-0.3, -0.25) is 5.41 Å². The second-order valence-electron chi connectivity index (χ2n) is 3.84. The first-order chi connectivity index (χ1) is 7.65. The number of hydrogen-bond acceptors (Lipinski definition) is 3. The van der Waals surface area contributed by atoms with E-state index in [0.717, 1.165) is 11.3 Å². The van der Waals surface area contributed by atoms with Crippen LogP contribution >= 0.6 is 12.4 Å². The fourth-order valence-corrected chi connectivity index (χ4v) is 1.45. The second-order valence-corrected chi connectivity index (χ2v) is 3.84. The van der Waals surface area contributed by atoms with Crippen molar-refractivity contribution < 1.29 is 9.47 Å². The smallest absolute Gasteiger partial charge is 0.219 e. The van der Waals surface area contributed by atoms with E-state index < -0.39 is 0 Å². The predicted molar refractivity (Wildman–Crippen MR) is 72.6 cm³/mol. The fourth-order valence-electron chi connectivity index (χ4n) is 1.45. The lowest BCUT2D eigenvalue weighted by Gasteiger charge is -2.13. The van der Waals surface area contributed by atoms with E-state index in [1.54, 1.807) is 0 Å². The lowest BCUT2D eigenvalue weighted by atomic mass is 10.0. The predicted octanol–water partition coefficient (Wildman–Crippen LogP) is 3.62. The minimum absolute atomic E-state index is 0. The maximum absolute atomic E-state index is 7.47. The van der Waals surface area contributed by atoms with Crippen molar-refractivity contribution in [1.82, 2.24) is 0 Å². The van der Waals surface area contributed by atoms with Crippen molar-refractivity contribution in [3.63, 3.8) is 0 Å². The monoisotopic (exact) mass is 257 g/mol. The van der Waals surface area contributed by atoms with Crippen LogP contribution in [0.15, 0.2) is 24.3 Å². The van der Waals surface area contributed by atoms with Crippen LogP contribution in [0.2, 0.25) is 0 Å². The molecule has 0 amide bonds. The molecular weight excluding hydrogens is 238 g/mol. The molecule has 0 heterocycles. The van der Waals surface area contributed by atoms with Crippen LogP contribution in [0.1, 0.15) is 32.3 Å².